The quantitative estimate of drug-likeness (QED) is 0.361. The van der Waals surface area contributed by atoms with Crippen molar-refractivity contribution in [2.24, 2.45) is 4.99 Å². The number of nitrogens with zero attached hydrogens (tertiary/aromatic N) is 4. The lowest BCUT2D eigenvalue weighted by molar-refractivity contribution is 0.157. The van der Waals surface area contributed by atoms with Gasteiger partial charge in [-0.3, -0.25) is 0 Å². The van der Waals surface area contributed by atoms with Crippen LogP contribution in [-0.4, -0.2) is 74.4 Å². The number of aromatic nitrogens is 1. The van der Waals surface area contributed by atoms with Gasteiger partial charge in [0, 0.05) is 38.8 Å². The van der Waals surface area contributed by atoms with E-state index in [-0.39, 0.29) is 42.8 Å². The van der Waals surface area contributed by atoms with Crippen molar-refractivity contribution in [1.82, 2.24) is 19.7 Å². The van der Waals surface area contributed by atoms with Crippen LogP contribution in [0, 0.1) is 0 Å². The SMILES string of the molecule is CCNC(=NCC(F)F)N1CCN(S(=O)(=O)Cc2ccon2)CC1.I. The smallest absolute Gasteiger partial charge is 0.257 e. The summed E-state index contributed by atoms with van der Waals surface area (Å²) in [6.07, 6.45) is -1.19. The van der Waals surface area contributed by atoms with Gasteiger partial charge in [-0.1, -0.05) is 5.16 Å². The molecule has 0 radical (unpaired) electrons. The molecule has 0 aliphatic carbocycles. The Kier molecular flexibility index (Phi) is 8.99. The number of sulfonamides is 1. The van der Waals surface area contributed by atoms with Crippen LogP contribution in [0.1, 0.15) is 12.6 Å². The van der Waals surface area contributed by atoms with Crippen LogP contribution in [-0.2, 0) is 15.8 Å². The predicted molar refractivity (Wildman–Crippen MR) is 99.7 cm³/mol. The van der Waals surface area contributed by atoms with Gasteiger partial charge >= 0.3 is 0 Å². The zero-order valence-corrected chi connectivity index (χ0v) is 16.9. The number of hydrogen-bond donors (Lipinski definition) is 1. The molecule has 1 aromatic heterocycles. The van der Waals surface area contributed by atoms with Crippen molar-refractivity contribution in [3.63, 3.8) is 0 Å². The minimum absolute atomic E-state index is 0. The van der Waals surface area contributed by atoms with E-state index in [4.69, 9.17) is 0 Å². The second-order valence-corrected chi connectivity index (χ2v) is 7.19. The molecule has 1 aromatic rings. The largest absolute Gasteiger partial charge is 0.364 e. The number of piperazine rings is 1. The second kappa shape index (κ2) is 10.2. The van der Waals surface area contributed by atoms with Crippen molar-refractivity contribution in [2.45, 2.75) is 19.1 Å². The Balaban J connectivity index is 0.00000312. The highest BCUT2D eigenvalue weighted by atomic mass is 127. The fraction of sp³-hybridized carbons (Fsp3) is 0.692. The van der Waals surface area contributed by atoms with Crippen LogP contribution >= 0.6 is 24.0 Å². The molecular weight excluding hydrogens is 471 g/mol. The van der Waals surface area contributed by atoms with Crippen LogP contribution in [0.5, 0.6) is 0 Å². The highest BCUT2D eigenvalue weighted by Gasteiger charge is 2.29. The summed E-state index contributed by atoms with van der Waals surface area (Å²) >= 11 is 0. The molecule has 0 spiro atoms. The highest BCUT2D eigenvalue weighted by molar-refractivity contribution is 14.0. The van der Waals surface area contributed by atoms with E-state index < -0.39 is 23.0 Å². The van der Waals surface area contributed by atoms with E-state index in [1.165, 1.54) is 16.6 Å². The van der Waals surface area contributed by atoms with Gasteiger partial charge in [-0.2, -0.15) is 4.31 Å². The first-order valence-electron chi connectivity index (χ1n) is 7.61. The van der Waals surface area contributed by atoms with E-state index in [1.54, 1.807) is 4.90 Å². The standard InChI is InChI=1S/C13H21F2N5O3S.HI/c1-2-16-13(17-9-12(14)15)19-4-6-20(7-5-19)24(21,22)10-11-3-8-23-18-11;/h3,8,12H,2,4-7,9-10H2,1H3,(H,16,17);1H. The molecule has 0 atom stereocenters. The summed E-state index contributed by atoms with van der Waals surface area (Å²) in [6, 6.07) is 1.51. The maximum absolute atomic E-state index is 12.4. The van der Waals surface area contributed by atoms with E-state index in [2.05, 4.69) is 20.0 Å². The maximum atomic E-state index is 12.4. The molecule has 1 saturated heterocycles. The number of guanidine groups is 1. The van der Waals surface area contributed by atoms with Gasteiger partial charge in [0.1, 0.15) is 18.6 Å². The number of nitrogens with one attached hydrogen (secondary N) is 1. The molecule has 1 fully saturated rings. The molecule has 0 unspecified atom stereocenters. The summed E-state index contributed by atoms with van der Waals surface area (Å²) in [5.74, 6) is 0.162. The predicted octanol–water partition coefficient (Wildman–Crippen LogP) is 0.971. The van der Waals surface area contributed by atoms with E-state index in [0.29, 0.717) is 31.3 Å². The Bertz CT molecular complexity index is 634. The average molecular weight is 493 g/mol. The molecule has 0 saturated carbocycles. The summed E-state index contributed by atoms with van der Waals surface area (Å²) in [5.41, 5.74) is 0.351. The summed E-state index contributed by atoms with van der Waals surface area (Å²) < 4.78 is 55.4. The van der Waals surface area contributed by atoms with E-state index >= 15 is 0 Å². The van der Waals surface area contributed by atoms with Gasteiger partial charge in [-0.05, 0) is 6.92 Å². The minimum atomic E-state index is -3.49. The Hall–Kier alpha value is -1.02. The summed E-state index contributed by atoms with van der Waals surface area (Å²) in [7, 11) is -3.49. The van der Waals surface area contributed by atoms with Crippen LogP contribution in [0.4, 0.5) is 8.78 Å². The first kappa shape index (κ1) is 22.0. The third-order valence-electron chi connectivity index (χ3n) is 3.47. The van der Waals surface area contributed by atoms with Crippen molar-refractivity contribution in [1.29, 1.82) is 0 Å². The zero-order chi connectivity index (χ0) is 17.6. The van der Waals surface area contributed by atoms with Crippen LogP contribution in [0.25, 0.3) is 0 Å². The number of halogens is 3. The van der Waals surface area contributed by atoms with Gasteiger partial charge in [0.2, 0.25) is 10.0 Å². The second-order valence-electron chi connectivity index (χ2n) is 5.22. The summed E-state index contributed by atoms with van der Waals surface area (Å²) in [5, 5.41) is 6.56. The molecule has 144 valence electrons. The highest BCUT2D eigenvalue weighted by Crippen LogP contribution is 2.13. The Labute approximate surface area is 162 Å². The van der Waals surface area contributed by atoms with Gasteiger partial charge in [-0.25, -0.2) is 22.2 Å². The zero-order valence-electron chi connectivity index (χ0n) is 13.8. The van der Waals surface area contributed by atoms with E-state index in [0.717, 1.165) is 0 Å². The van der Waals surface area contributed by atoms with Gasteiger partial charge < -0.3 is 14.7 Å². The first-order valence-corrected chi connectivity index (χ1v) is 9.21. The summed E-state index contributed by atoms with van der Waals surface area (Å²) in [6.45, 7) is 3.11. The van der Waals surface area contributed by atoms with Crippen LogP contribution < -0.4 is 5.32 Å². The van der Waals surface area contributed by atoms with Crippen molar-refractivity contribution in [3.8, 4) is 0 Å². The van der Waals surface area contributed by atoms with Gasteiger partial charge in [0.05, 0.1) is 5.69 Å². The summed E-state index contributed by atoms with van der Waals surface area (Å²) in [4.78, 5) is 5.66. The topological polar surface area (TPSA) is 91.0 Å². The van der Waals surface area contributed by atoms with Gasteiger partial charge in [-0.15, -0.1) is 24.0 Å². The van der Waals surface area contributed by atoms with Crippen LogP contribution in [0.2, 0.25) is 0 Å². The van der Waals surface area contributed by atoms with Crippen molar-refractivity contribution in [3.05, 3.63) is 18.0 Å². The maximum Gasteiger partial charge on any atom is 0.257 e. The number of aliphatic imine (C=N–C) groups is 1. The van der Waals surface area contributed by atoms with Crippen molar-refractivity contribution in [2.75, 3.05) is 39.3 Å². The molecular formula is C13H22F2IN5O3S. The van der Waals surface area contributed by atoms with E-state index in [1.807, 2.05) is 6.92 Å². The molecule has 8 nitrogen and oxygen atoms in total. The lowest BCUT2D eigenvalue weighted by Crippen LogP contribution is -2.54. The molecule has 0 aromatic carbocycles. The molecule has 2 heterocycles. The van der Waals surface area contributed by atoms with Crippen molar-refractivity contribution < 1.29 is 21.7 Å². The number of hydrogen-bond acceptors (Lipinski definition) is 5. The molecule has 2 rings (SSSR count). The van der Waals surface area contributed by atoms with Crippen molar-refractivity contribution >= 4 is 40.0 Å². The Morgan fingerprint density at radius 1 is 1.40 bits per heavy atom. The Morgan fingerprint density at radius 3 is 2.60 bits per heavy atom. The first-order chi connectivity index (χ1) is 11.4. The molecule has 1 aliphatic heterocycles. The monoisotopic (exact) mass is 493 g/mol. The molecule has 25 heavy (non-hydrogen) atoms. The molecule has 0 amide bonds. The lowest BCUT2D eigenvalue weighted by Gasteiger charge is -2.35. The number of rotatable bonds is 6. The fourth-order valence-electron chi connectivity index (χ4n) is 2.35. The average Bonchev–Trinajstić information content (AvgIpc) is 3.03. The molecule has 0 bridgehead atoms. The Morgan fingerprint density at radius 2 is 2.08 bits per heavy atom. The minimum Gasteiger partial charge on any atom is -0.364 e. The third-order valence-corrected chi connectivity index (χ3v) is 5.28. The van der Waals surface area contributed by atoms with Crippen LogP contribution in [0.15, 0.2) is 21.8 Å². The molecule has 1 N–H and O–H groups in total. The normalized spacial score (nSPS) is 16.8. The molecule has 12 heteroatoms. The van der Waals surface area contributed by atoms with Gasteiger partial charge in [0.15, 0.2) is 5.96 Å². The third kappa shape index (κ3) is 6.66. The lowest BCUT2D eigenvalue weighted by atomic mass is 10.4. The van der Waals surface area contributed by atoms with E-state index in [9.17, 15) is 17.2 Å². The fourth-order valence-corrected chi connectivity index (χ4v) is 3.77. The molecule has 1 aliphatic rings. The number of alkyl halides is 2. The van der Waals surface area contributed by atoms with Crippen LogP contribution in [0.3, 0.4) is 0 Å². The van der Waals surface area contributed by atoms with Gasteiger partial charge in [0.25, 0.3) is 6.43 Å².